The molecule has 5 heteroatoms. The van der Waals surface area contributed by atoms with E-state index in [1.54, 1.807) is 18.5 Å². The van der Waals surface area contributed by atoms with Gasteiger partial charge in [-0.1, -0.05) is 5.16 Å². The van der Waals surface area contributed by atoms with Gasteiger partial charge in [0, 0.05) is 18.8 Å². The van der Waals surface area contributed by atoms with Crippen LogP contribution < -0.4 is 11.1 Å². The van der Waals surface area contributed by atoms with Gasteiger partial charge in [-0.05, 0) is 13.0 Å². The fourth-order valence-corrected chi connectivity index (χ4v) is 1.25. The molecule has 74 valence electrons. The summed E-state index contributed by atoms with van der Waals surface area (Å²) >= 11 is 0. The molecule has 14 heavy (non-hydrogen) atoms. The van der Waals surface area contributed by atoms with Gasteiger partial charge in [-0.25, -0.2) is 4.98 Å². The predicted octanol–water partition coefficient (Wildman–Crippen LogP) is 0.983. The lowest BCUT2D eigenvalue weighted by Crippen LogP contribution is -2.09. The van der Waals surface area contributed by atoms with Crippen LogP contribution in [0.5, 0.6) is 0 Å². The molecule has 0 aromatic carbocycles. The summed E-state index contributed by atoms with van der Waals surface area (Å²) in [6.45, 7) is 1.49. The van der Waals surface area contributed by atoms with Gasteiger partial charge in [0.2, 0.25) is 0 Å². The fraction of sp³-hybridized carbons (Fsp3) is 0.333. The number of aromatic nitrogens is 2. The van der Waals surface area contributed by atoms with Crippen molar-refractivity contribution in [1.29, 1.82) is 0 Å². The van der Waals surface area contributed by atoms with Crippen molar-refractivity contribution in [3.8, 4) is 0 Å². The van der Waals surface area contributed by atoms with Gasteiger partial charge in [-0.15, -0.1) is 0 Å². The molecule has 3 N–H and O–H groups in total. The smallest absolute Gasteiger partial charge is 0.172 e. The van der Waals surface area contributed by atoms with Gasteiger partial charge >= 0.3 is 0 Å². The SMILES string of the molecule is NCCCNc1nccc2oncc12. The van der Waals surface area contributed by atoms with Crippen LogP contribution in [-0.4, -0.2) is 23.2 Å². The first-order chi connectivity index (χ1) is 6.92. The molecule has 0 aliphatic carbocycles. The molecule has 2 aromatic rings. The van der Waals surface area contributed by atoms with E-state index in [9.17, 15) is 0 Å². The summed E-state index contributed by atoms with van der Waals surface area (Å²) in [6.07, 6.45) is 4.27. The quantitative estimate of drug-likeness (QED) is 0.706. The Kier molecular flexibility index (Phi) is 2.60. The first-order valence-electron chi connectivity index (χ1n) is 4.55. The second-order valence-corrected chi connectivity index (χ2v) is 2.97. The molecule has 0 saturated carbocycles. The molecule has 0 amide bonds. The van der Waals surface area contributed by atoms with Crippen molar-refractivity contribution in [2.24, 2.45) is 5.73 Å². The highest BCUT2D eigenvalue weighted by Gasteiger charge is 2.04. The molecule has 0 bridgehead atoms. The van der Waals surface area contributed by atoms with E-state index in [0.29, 0.717) is 6.54 Å². The molecule has 0 radical (unpaired) electrons. The maximum atomic E-state index is 5.39. The molecular weight excluding hydrogens is 180 g/mol. The Morgan fingerprint density at radius 3 is 3.29 bits per heavy atom. The van der Waals surface area contributed by atoms with E-state index in [0.717, 1.165) is 29.8 Å². The number of nitrogens with one attached hydrogen (secondary N) is 1. The van der Waals surface area contributed by atoms with Crippen LogP contribution in [0.25, 0.3) is 11.0 Å². The largest absolute Gasteiger partial charge is 0.369 e. The normalized spacial score (nSPS) is 10.6. The molecule has 5 nitrogen and oxygen atoms in total. The maximum absolute atomic E-state index is 5.39. The number of rotatable bonds is 4. The first-order valence-corrected chi connectivity index (χ1v) is 4.55. The van der Waals surface area contributed by atoms with Crippen molar-refractivity contribution in [3.63, 3.8) is 0 Å². The molecule has 0 aliphatic rings. The minimum atomic E-state index is 0.673. The van der Waals surface area contributed by atoms with Gasteiger partial charge in [0.15, 0.2) is 5.58 Å². The lowest BCUT2D eigenvalue weighted by molar-refractivity contribution is 0.456. The van der Waals surface area contributed by atoms with Crippen LogP contribution >= 0.6 is 0 Å². The molecule has 0 unspecified atom stereocenters. The zero-order chi connectivity index (χ0) is 9.80. The number of nitrogens with two attached hydrogens (primary N) is 1. The van der Waals surface area contributed by atoms with E-state index >= 15 is 0 Å². The van der Waals surface area contributed by atoms with E-state index < -0.39 is 0 Å². The first kappa shape index (κ1) is 8.96. The summed E-state index contributed by atoms with van der Waals surface area (Å²) in [5.74, 6) is 0.803. The highest BCUT2D eigenvalue weighted by Crippen LogP contribution is 2.19. The number of hydrogen-bond donors (Lipinski definition) is 2. The van der Waals surface area contributed by atoms with Crippen LogP contribution in [-0.2, 0) is 0 Å². The molecular formula is C9H12N4O. The Hall–Kier alpha value is -1.62. The Morgan fingerprint density at radius 1 is 1.50 bits per heavy atom. The fourth-order valence-electron chi connectivity index (χ4n) is 1.25. The van der Waals surface area contributed by atoms with Gasteiger partial charge in [0.25, 0.3) is 0 Å². The third kappa shape index (κ3) is 1.67. The Morgan fingerprint density at radius 2 is 2.43 bits per heavy atom. The Labute approximate surface area is 81.3 Å². The van der Waals surface area contributed by atoms with Crippen LogP contribution in [0, 0.1) is 0 Å². The van der Waals surface area contributed by atoms with E-state index in [1.165, 1.54) is 0 Å². The molecule has 0 spiro atoms. The van der Waals surface area contributed by atoms with E-state index in [-0.39, 0.29) is 0 Å². The lowest BCUT2D eigenvalue weighted by atomic mass is 10.3. The second-order valence-electron chi connectivity index (χ2n) is 2.97. The third-order valence-electron chi connectivity index (χ3n) is 1.96. The number of nitrogens with zero attached hydrogens (tertiary/aromatic N) is 2. The average Bonchev–Trinajstić information content (AvgIpc) is 2.67. The zero-order valence-electron chi connectivity index (χ0n) is 7.73. The average molecular weight is 192 g/mol. The summed E-state index contributed by atoms with van der Waals surface area (Å²) in [4.78, 5) is 4.20. The number of pyridine rings is 1. The third-order valence-corrected chi connectivity index (χ3v) is 1.96. The Bertz CT molecular complexity index is 412. The van der Waals surface area contributed by atoms with E-state index in [1.807, 2.05) is 0 Å². The maximum Gasteiger partial charge on any atom is 0.172 e. The van der Waals surface area contributed by atoms with E-state index in [2.05, 4.69) is 15.5 Å². The van der Waals surface area contributed by atoms with Gasteiger partial charge in [0.1, 0.15) is 5.82 Å². The molecule has 0 aliphatic heterocycles. The number of anilines is 1. The van der Waals surface area contributed by atoms with Crippen LogP contribution in [0.1, 0.15) is 6.42 Å². The monoisotopic (exact) mass is 192 g/mol. The standard InChI is InChI=1S/C9H12N4O/c10-3-1-4-11-9-7-6-13-14-8(7)2-5-12-9/h2,5-6H,1,3-4,10H2,(H,11,12). The summed E-state index contributed by atoms with van der Waals surface area (Å²) in [5.41, 5.74) is 6.14. The molecule has 2 rings (SSSR count). The van der Waals surface area contributed by atoms with Crippen molar-refractivity contribution < 1.29 is 4.52 Å². The molecule has 2 aromatic heterocycles. The zero-order valence-corrected chi connectivity index (χ0v) is 7.73. The molecule has 0 saturated heterocycles. The van der Waals surface area contributed by atoms with Crippen LogP contribution in [0.4, 0.5) is 5.82 Å². The van der Waals surface area contributed by atoms with Crippen molar-refractivity contribution in [2.75, 3.05) is 18.4 Å². The minimum absolute atomic E-state index is 0.673. The minimum Gasteiger partial charge on any atom is -0.369 e. The highest BCUT2D eigenvalue weighted by molar-refractivity contribution is 5.86. The van der Waals surface area contributed by atoms with Crippen LogP contribution in [0.15, 0.2) is 23.0 Å². The summed E-state index contributed by atoms with van der Waals surface area (Å²) in [6, 6.07) is 1.79. The molecule has 0 fully saturated rings. The van der Waals surface area contributed by atoms with Gasteiger partial charge < -0.3 is 15.6 Å². The van der Waals surface area contributed by atoms with Crippen LogP contribution in [0.3, 0.4) is 0 Å². The van der Waals surface area contributed by atoms with Crippen molar-refractivity contribution in [3.05, 3.63) is 18.5 Å². The van der Waals surface area contributed by atoms with Gasteiger partial charge in [-0.3, -0.25) is 0 Å². The lowest BCUT2D eigenvalue weighted by Gasteiger charge is -2.03. The second kappa shape index (κ2) is 4.06. The summed E-state index contributed by atoms with van der Waals surface area (Å²) < 4.78 is 5.01. The van der Waals surface area contributed by atoms with E-state index in [4.69, 9.17) is 10.3 Å². The highest BCUT2D eigenvalue weighted by atomic mass is 16.5. The molecule has 0 atom stereocenters. The van der Waals surface area contributed by atoms with Gasteiger partial charge in [0.05, 0.1) is 11.6 Å². The predicted molar refractivity (Wildman–Crippen MR) is 54.0 cm³/mol. The van der Waals surface area contributed by atoms with Crippen LogP contribution in [0.2, 0.25) is 0 Å². The Balaban J connectivity index is 2.19. The van der Waals surface area contributed by atoms with Crippen molar-refractivity contribution in [2.45, 2.75) is 6.42 Å². The summed E-state index contributed by atoms with van der Waals surface area (Å²) in [5, 5.41) is 7.80. The van der Waals surface area contributed by atoms with Gasteiger partial charge in [-0.2, -0.15) is 0 Å². The van der Waals surface area contributed by atoms with Crippen molar-refractivity contribution >= 4 is 16.8 Å². The number of fused-ring (bicyclic) bond motifs is 1. The molecule has 2 heterocycles. The summed E-state index contributed by atoms with van der Waals surface area (Å²) in [7, 11) is 0. The van der Waals surface area contributed by atoms with Crippen molar-refractivity contribution in [1.82, 2.24) is 10.1 Å². The number of hydrogen-bond acceptors (Lipinski definition) is 5. The topological polar surface area (TPSA) is 77.0 Å².